The summed E-state index contributed by atoms with van der Waals surface area (Å²) in [6.45, 7) is 3.04. The second-order valence-electron chi connectivity index (χ2n) is 2.60. The van der Waals surface area contributed by atoms with Gasteiger partial charge in [-0.3, -0.25) is 9.59 Å². The summed E-state index contributed by atoms with van der Waals surface area (Å²) >= 11 is 0. The minimum atomic E-state index is -0.116. The summed E-state index contributed by atoms with van der Waals surface area (Å²) in [4.78, 5) is 20.9. The molecule has 14 heavy (non-hydrogen) atoms. The third-order valence-corrected chi connectivity index (χ3v) is 1.43. The Kier molecular flexibility index (Phi) is 8.43. The molecule has 0 unspecified atom stereocenters. The van der Waals surface area contributed by atoms with E-state index in [1.165, 1.54) is 6.08 Å². The fourth-order valence-electron chi connectivity index (χ4n) is 0.774. The quantitative estimate of drug-likeness (QED) is 0.267. The molecule has 78 valence electrons. The average Bonchev–Trinajstić information content (AvgIpc) is 2.18. The number of rotatable bonds is 7. The number of hydrogen-bond donors (Lipinski definition) is 2. The molecule has 0 spiro atoms. The summed E-state index contributed by atoms with van der Waals surface area (Å²) in [6.07, 6.45) is 8.16. The molecule has 0 saturated heterocycles. The Morgan fingerprint density at radius 2 is 2.07 bits per heavy atom. The van der Waals surface area contributed by atoms with E-state index in [1.807, 2.05) is 13.0 Å². The second-order valence-corrected chi connectivity index (χ2v) is 2.60. The lowest BCUT2D eigenvalue weighted by Gasteiger charge is -2.00. The summed E-state index contributed by atoms with van der Waals surface area (Å²) in [5, 5.41) is 5.20. The zero-order valence-electron chi connectivity index (χ0n) is 8.32. The Bertz CT molecular complexity index is 222. The molecule has 0 fully saturated rings. The van der Waals surface area contributed by atoms with Crippen LogP contribution in [0.3, 0.4) is 0 Å². The first-order valence-corrected chi connectivity index (χ1v) is 4.55. The van der Waals surface area contributed by atoms with Gasteiger partial charge in [-0.05, 0) is 13.3 Å². The zero-order chi connectivity index (χ0) is 10.6. The molecule has 0 bridgehead atoms. The van der Waals surface area contributed by atoms with Crippen molar-refractivity contribution in [2.75, 3.05) is 13.1 Å². The molecule has 2 N–H and O–H groups in total. The molecular formula is C10H16N2O2. The molecule has 0 heterocycles. The van der Waals surface area contributed by atoms with E-state index in [2.05, 4.69) is 10.6 Å². The molecule has 0 aliphatic rings. The third kappa shape index (κ3) is 8.52. The van der Waals surface area contributed by atoms with E-state index in [0.29, 0.717) is 19.5 Å². The fraction of sp³-hybridized carbons (Fsp3) is 0.400. The van der Waals surface area contributed by atoms with Crippen LogP contribution in [0.1, 0.15) is 13.3 Å². The van der Waals surface area contributed by atoms with Crippen molar-refractivity contribution in [3.05, 3.63) is 24.3 Å². The van der Waals surface area contributed by atoms with Crippen LogP contribution in [-0.4, -0.2) is 25.4 Å². The van der Waals surface area contributed by atoms with Gasteiger partial charge in [0.05, 0.1) is 0 Å². The van der Waals surface area contributed by atoms with Crippen LogP contribution >= 0.6 is 0 Å². The van der Waals surface area contributed by atoms with Crippen molar-refractivity contribution < 1.29 is 9.59 Å². The lowest BCUT2D eigenvalue weighted by molar-refractivity contribution is -0.116. The van der Waals surface area contributed by atoms with E-state index in [0.717, 1.165) is 6.42 Å². The average molecular weight is 196 g/mol. The maximum atomic E-state index is 11.0. The minimum Gasteiger partial charge on any atom is -0.359 e. The van der Waals surface area contributed by atoms with Crippen LogP contribution in [0, 0.1) is 0 Å². The molecule has 4 nitrogen and oxygen atoms in total. The fourth-order valence-corrected chi connectivity index (χ4v) is 0.774. The van der Waals surface area contributed by atoms with Crippen molar-refractivity contribution >= 4 is 12.3 Å². The Balaban J connectivity index is 3.39. The van der Waals surface area contributed by atoms with Crippen LogP contribution in [0.25, 0.3) is 0 Å². The van der Waals surface area contributed by atoms with Crippen LogP contribution in [0.15, 0.2) is 24.3 Å². The maximum Gasteiger partial charge on any atom is 0.243 e. The highest BCUT2D eigenvalue weighted by atomic mass is 16.1. The third-order valence-electron chi connectivity index (χ3n) is 1.43. The van der Waals surface area contributed by atoms with Crippen molar-refractivity contribution in [3.8, 4) is 0 Å². The van der Waals surface area contributed by atoms with E-state index >= 15 is 0 Å². The van der Waals surface area contributed by atoms with Gasteiger partial charge in [-0.25, -0.2) is 0 Å². The molecule has 2 amide bonds. The summed E-state index contributed by atoms with van der Waals surface area (Å²) in [6, 6.07) is 0. The SMILES string of the molecule is C/C=C/C=C/C(=O)NCCCNC=O. The molecule has 4 heteroatoms. The highest BCUT2D eigenvalue weighted by Gasteiger charge is 1.92. The lowest BCUT2D eigenvalue weighted by atomic mass is 10.4. The number of hydrogen-bond acceptors (Lipinski definition) is 2. The number of carbonyl (C=O) groups excluding carboxylic acids is 2. The Hall–Kier alpha value is -1.58. The first-order valence-electron chi connectivity index (χ1n) is 4.55. The van der Waals surface area contributed by atoms with Crippen LogP contribution in [0.2, 0.25) is 0 Å². The van der Waals surface area contributed by atoms with Gasteiger partial charge in [-0.15, -0.1) is 0 Å². The number of carbonyl (C=O) groups is 2. The van der Waals surface area contributed by atoms with Gasteiger partial charge in [0.15, 0.2) is 0 Å². The normalized spacial score (nSPS) is 10.6. The predicted molar refractivity (Wildman–Crippen MR) is 55.6 cm³/mol. The molecule has 0 aromatic carbocycles. The first kappa shape index (κ1) is 12.4. The number of nitrogens with one attached hydrogen (secondary N) is 2. The largest absolute Gasteiger partial charge is 0.359 e. The highest BCUT2D eigenvalue weighted by Crippen LogP contribution is 1.78. The summed E-state index contributed by atoms with van der Waals surface area (Å²) < 4.78 is 0. The molecule has 0 saturated carbocycles. The summed E-state index contributed by atoms with van der Waals surface area (Å²) in [7, 11) is 0. The molecular weight excluding hydrogens is 180 g/mol. The molecule has 0 radical (unpaired) electrons. The van der Waals surface area contributed by atoms with E-state index < -0.39 is 0 Å². The predicted octanol–water partition coefficient (Wildman–Crippen LogP) is 0.371. The van der Waals surface area contributed by atoms with Gasteiger partial charge in [0.2, 0.25) is 12.3 Å². The van der Waals surface area contributed by atoms with E-state index in [9.17, 15) is 9.59 Å². The van der Waals surface area contributed by atoms with Crippen molar-refractivity contribution in [1.82, 2.24) is 10.6 Å². The molecule has 0 rings (SSSR count). The van der Waals surface area contributed by atoms with Gasteiger partial charge in [0, 0.05) is 19.2 Å². The van der Waals surface area contributed by atoms with Crippen molar-refractivity contribution in [1.29, 1.82) is 0 Å². The van der Waals surface area contributed by atoms with Gasteiger partial charge in [-0.2, -0.15) is 0 Å². The van der Waals surface area contributed by atoms with Crippen LogP contribution in [-0.2, 0) is 9.59 Å². The Morgan fingerprint density at radius 1 is 1.29 bits per heavy atom. The van der Waals surface area contributed by atoms with Crippen LogP contribution < -0.4 is 10.6 Å². The zero-order valence-corrected chi connectivity index (χ0v) is 8.32. The summed E-state index contributed by atoms with van der Waals surface area (Å²) in [5.74, 6) is -0.116. The van der Waals surface area contributed by atoms with E-state index in [4.69, 9.17) is 0 Å². The molecule has 0 aliphatic heterocycles. The second kappa shape index (κ2) is 9.51. The monoisotopic (exact) mass is 196 g/mol. The van der Waals surface area contributed by atoms with Gasteiger partial charge in [0.25, 0.3) is 0 Å². The summed E-state index contributed by atoms with van der Waals surface area (Å²) in [5.41, 5.74) is 0. The van der Waals surface area contributed by atoms with Crippen LogP contribution in [0.4, 0.5) is 0 Å². The van der Waals surface area contributed by atoms with E-state index in [1.54, 1.807) is 12.2 Å². The maximum absolute atomic E-state index is 11.0. The van der Waals surface area contributed by atoms with Gasteiger partial charge in [0.1, 0.15) is 0 Å². The van der Waals surface area contributed by atoms with Gasteiger partial charge < -0.3 is 10.6 Å². The Labute approximate surface area is 84.1 Å². The minimum absolute atomic E-state index is 0.116. The topological polar surface area (TPSA) is 58.2 Å². The van der Waals surface area contributed by atoms with Gasteiger partial charge in [-0.1, -0.05) is 18.2 Å². The van der Waals surface area contributed by atoms with Crippen molar-refractivity contribution in [2.45, 2.75) is 13.3 Å². The van der Waals surface area contributed by atoms with E-state index in [-0.39, 0.29) is 5.91 Å². The molecule has 0 aromatic rings. The first-order chi connectivity index (χ1) is 6.81. The number of amides is 2. The Morgan fingerprint density at radius 3 is 2.71 bits per heavy atom. The highest BCUT2D eigenvalue weighted by molar-refractivity contribution is 5.87. The van der Waals surface area contributed by atoms with Crippen LogP contribution in [0.5, 0.6) is 0 Å². The molecule has 0 aliphatic carbocycles. The van der Waals surface area contributed by atoms with Crippen molar-refractivity contribution in [2.24, 2.45) is 0 Å². The molecule has 0 aromatic heterocycles. The lowest BCUT2D eigenvalue weighted by Crippen LogP contribution is -2.25. The number of allylic oxidation sites excluding steroid dienone is 3. The van der Waals surface area contributed by atoms with Gasteiger partial charge >= 0.3 is 0 Å². The van der Waals surface area contributed by atoms with Crippen molar-refractivity contribution in [3.63, 3.8) is 0 Å². The standard InChI is InChI=1S/C10H16N2O2/c1-2-3-4-6-10(14)12-8-5-7-11-9-13/h2-4,6,9H,5,7-8H2,1H3,(H,11,13)(H,12,14)/b3-2+,6-4+. The molecule has 0 atom stereocenters. The smallest absolute Gasteiger partial charge is 0.243 e.